The minimum Gasteiger partial charge on any atom is -0.507 e. The van der Waals surface area contributed by atoms with E-state index in [0.717, 1.165) is 22.2 Å². The summed E-state index contributed by atoms with van der Waals surface area (Å²) in [5.74, 6) is -1.21. The lowest BCUT2D eigenvalue weighted by Crippen LogP contribution is -2.29. The number of fused-ring (bicyclic) bond motifs is 1. The van der Waals surface area contributed by atoms with Gasteiger partial charge in [0.1, 0.15) is 17.6 Å². The molecule has 1 N–H and O–H groups in total. The Morgan fingerprint density at radius 1 is 1.06 bits per heavy atom. The Balaban J connectivity index is 1.75. The molecule has 0 aliphatic carbocycles. The van der Waals surface area contributed by atoms with Crippen LogP contribution in [0.15, 0.2) is 78.4 Å². The smallest absolute Gasteiger partial charge is 0.301 e. The maximum Gasteiger partial charge on any atom is 0.301 e. The molecule has 6 nitrogen and oxygen atoms in total. The number of ether oxygens (including phenoxy) is 1. The summed E-state index contributed by atoms with van der Waals surface area (Å²) in [6.07, 6.45) is 0.881. The van der Waals surface area contributed by atoms with E-state index in [2.05, 4.69) is 18.0 Å². The van der Waals surface area contributed by atoms with Crippen LogP contribution in [0.2, 0.25) is 0 Å². The number of methoxy groups -OCH3 is 1. The van der Waals surface area contributed by atoms with Crippen LogP contribution in [0.25, 0.3) is 16.0 Å². The molecule has 1 unspecified atom stereocenters. The van der Waals surface area contributed by atoms with Crippen LogP contribution in [0.5, 0.6) is 5.75 Å². The van der Waals surface area contributed by atoms with Crippen molar-refractivity contribution >= 4 is 44.1 Å². The van der Waals surface area contributed by atoms with E-state index in [1.807, 2.05) is 30.3 Å². The third-order valence-electron chi connectivity index (χ3n) is 5.98. The number of carbonyl (C=O) groups is 2. The number of rotatable bonds is 5. The van der Waals surface area contributed by atoms with E-state index in [-0.39, 0.29) is 11.3 Å². The lowest BCUT2D eigenvalue weighted by Gasteiger charge is -2.24. The average Bonchev–Trinajstić information content (AvgIpc) is 3.41. The van der Waals surface area contributed by atoms with Crippen molar-refractivity contribution in [2.45, 2.75) is 19.4 Å². The number of aryl methyl sites for hydroxylation is 1. The molecular formula is C27H22N2O4S. The lowest BCUT2D eigenvalue weighted by molar-refractivity contribution is -0.132. The summed E-state index contributed by atoms with van der Waals surface area (Å²) < 4.78 is 6.49. The van der Waals surface area contributed by atoms with E-state index < -0.39 is 17.7 Å². The molecule has 0 saturated carbocycles. The largest absolute Gasteiger partial charge is 0.507 e. The fourth-order valence-corrected chi connectivity index (χ4v) is 5.30. The molecule has 1 aliphatic rings. The summed E-state index contributed by atoms with van der Waals surface area (Å²) in [5, 5.41) is 11.6. The van der Waals surface area contributed by atoms with Gasteiger partial charge in [0.15, 0.2) is 5.13 Å². The molecule has 1 aromatic heterocycles. The Bertz CT molecular complexity index is 1440. The van der Waals surface area contributed by atoms with Crippen molar-refractivity contribution in [1.29, 1.82) is 0 Å². The number of hydrogen-bond acceptors (Lipinski definition) is 6. The first kappa shape index (κ1) is 21.9. The zero-order chi connectivity index (χ0) is 23.8. The summed E-state index contributed by atoms with van der Waals surface area (Å²) in [5.41, 5.74) is 2.97. The van der Waals surface area contributed by atoms with E-state index in [9.17, 15) is 14.7 Å². The Morgan fingerprint density at radius 2 is 1.79 bits per heavy atom. The Morgan fingerprint density at radius 3 is 2.53 bits per heavy atom. The van der Waals surface area contributed by atoms with Crippen molar-refractivity contribution in [3.63, 3.8) is 0 Å². The van der Waals surface area contributed by atoms with E-state index in [0.29, 0.717) is 22.0 Å². The Hall–Kier alpha value is -3.97. The van der Waals surface area contributed by atoms with Gasteiger partial charge in [0.25, 0.3) is 5.78 Å². The molecular weight excluding hydrogens is 448 g/mol. The number of aromatic nitrogens is 1. The number of para-hydroxylation sites is 1. The number of Topliss-reactive ketones (excluding diaryl/α,β-unsaturated/α-hetero) is 1. The number of aliphatic hydroxyl groups excluding tert-OH is 1. The third-order valence-corrected chi connectivity index (χ3v) is 7.00. The maximum atomic E-state index is 13.4. The van der Waals surface area contributed by atoms with Crippen molar-refractivity contribution in [3.05, 3.63) is 95.1 Å². The van der Waals surface area contributed by atoms with Crippen molar-refractivity contribution in [2.75, 3.05) is 12.0 Å². The van der Waals surface area contributed by atoms with Crippen LogP contribution in [0, 0.1) is 0 Å². The van der Waals surface area contributed by atoms with Gasteiger partial charge in [0.2, 0.25) is 0 Å². The van der Waals surface area contributed by atoms with Crippen LogP contribution in [0.4, 0.5) is 5.13 Å². The predicted molar refractivity (Wildman–Crippen MR) is 133 cm³/mol. The first-order chi connectivity index (χ1) is 16.5. The standard InChI is InChI=1S/C27H22N2O4S/c1-3-16-13-14-19-21(15-16)34-27(28-19)29-23(18-11-7-8-12-20(18)33-2)22(25(31)26(29)32)24(30)17-9-5-4-6-10-17/h4-15,23,30H,3H2,1-2H3/b24-22+. The summed E-state index contributed by atoms with van der Waals surface area (Å²) in [4.78, 5) is 32.8. The molecule has 5 rings (SSSR count). The molecule has 7 heteroatoms. The molecule has 34 heavy (non-hydrogen) atoms. The number of hydrogen-bond donors (Lipinski definition) is 1. The number of thiazole rings is 1. The van der Waals surface area contributed by atoms with Crippen LogP contribution in [0.3, 0.4) is 0 Å². The summed E-state index contributed by atoms with van der Waals surface area (Å²) >= 11 is 1.35. The van der Waals surface area contributed by atoms with Gasteiger partial charge in [0, 0.05) is 11.1 Å². The van der Waals surface area contributed by atoms with Crippen LogP contribution >= 0.6 is 11.3 Å². The number of anilines is 1. The molecule has 0 bridgehead atoms. The van der Waals surface area contributed by atoms with Crippen molar-refractivity contribution in [1.82, 2.24) is 4.98 Å². The molecule has 0 radical (unpaired) electrons. The minimum atomic E-state index is -0.887. The second-order valence-corrected chi connectivity index (χ2v) is 8.94. The summed E-state index contributed by atoms with van der Waals surface area (Å²) in [6.45, 7) is 2.08. The molecule has 3 aromatic carbocycles. The third kappa shape index (κ3) is 3.54. The van der Waals surface area contributed by atoms with Crippen LogP contribution in [-0.2, 0) is 16.0 Å². The zero-order valence-corrected chi connectivity index (χ0v) is 19.5. The molecule has 2 heterocycles. The number of aliphatic hydroxyl groups is 1. The summed E-state index contributed by atoms with van der Waals surface area (Å²) in [7, 11) is 1.53. The quantitative estimate of drug-likeness (QED) is 0.237. The van der Waals surface area contributed by atoms with Crippen LogP contribution < -0.4 is 9.64 Å². The van der Waals surface area contributed by atoms with Crippen molar-refractivity contribution in [2.24, 2.45) is 0 Å². The first-order valence-corrected chi connectivity index (χ1v) is 11.7. The Kier molecular flexibility index (Phi) is 5.63. The number of ketones is 1. The zero-order valence-electron chi connectivity index (χ0n) is 18.7. The Labute approximate surface area is 200 Å². The second kappa shape index (κ2) is 8.76. The van der Waals surface area contributed by atoms with E-state index in [1.165, 1.54) is 23.3 Å². The maximum absolute atomic E-state index is 13.4. The first-order valence-electron chi connectivity index (χ1n) is 10.9. The second-order valence-electron chi connectivity index (χ2n) is 7.93. The molecule has 0 spiro atoms. The highest BCUT2D eigenvalue weighted by molar-refractivity contribution is 7.22. The highest BCUT2D eigenvalue weighted by Gasteiger charge is 2.49. The lowest BCUT2D eigenvalue weighted by atomic mass is 9.95. The van der Waals surface area contributed by atoms with Gasteiger partial charge in [-0.05, 0) is 30.2 Å². The van der Waals surface area contributed by atoms with Gasteiger partial charge in [-0.25, -0.2) is 4.98 Å². The predicted octanol–water partition coefficient (Wildman–Crippen LogP) is 5.49. The van der Waals surface area contributed by atoms with Gasteiger partial charge in [0.05, 0.1) is 22.9 Å². The van der Waals surface area contributed by atoms with Crippen LogP contribution in [-0.4, -0.2) is 28.9 Å². The fourth-order valence-electron chi connectivity index (χ4n) is 4.25. The highest BCUT2D eigenvalue weighted by atomic mass is 32.1. The molecule has 1 saturated heterocycles. The number of benzene rings is 3. The number of nitrogens with zero attached hydrogens (tertiary/aromatic N) is 2. The molecule has 1 aliphatic heterocycles. The van der Waals surface area contributed by atoms with Gasteiger partial charge < -0.3 is 9.84 Å². The molecule has 170 valence electrons. The van der Waals surface area contributed by atoms with Gasteiger partial charge >= 0.3 is 5.91 Å². The fraction of sp³-hybridized carbons (Fsp3) is 0.148. The van der Waals surface area contributed by atoms with Gasteiger partial charge in [-0.3, -0.25) is 14.5 Å². The van der Waals surface area contributed by atoms with E-state index in [1.54, 1.807) is 36.4 Å². The van der Waals surface area contributed by atoms with E-state index >= 15 is 0 Å². The van der Waals surface area contributed by atoms with Crippen LogP contribution in [0.1, 0.15) is 29.7 Å². The highest BCUT2D eigenvalue weighted by Crippen LogP contribution is 2.46. The molecule has 4 aromatic rings. The molecule has 1 atom stereocenters. The monoisotopic (exact) mass is 470 g/mol. The van der Waals surface area contributed by atoms with Gasteiger partial charge in [-0.2, -0.15) is 0 Å². The average molecular weight is 471 g/mol. The SMILES string of the molecule is CCc1ccc2nc(N3C(=O)C(=O)/C(=C(/O)c4ccccc4)C3c3ccccc3OC)sc2c1. The summed E-state index contributed by atoms with van der Waals surface area (Å²) in [6, 6.07) is 21.0. The topological polar surface area (TPSA) is 79.7 Å². The normalized spacial score (nSPS) is 17.5. The molecule has 1 amide bonds. The molecule has 1 fully saturated rings. The van der Waals surface area contributed by atoms with Gasteiger partial charge in [-0.1, -0.05) is 72.9 Å². The van der Waals surface area contributed by atoms with E-state index in [4.69, 9.17) is 4.74 Å². The number of amides is 1. The van der Waals surface area contributed by atoms with Crippen molar-refractivity contribution in [3.8, 4) is 5.75 Å². The van der Waals surface area contributed by atoms with Gasteiger partial charge in [-0.15, -0.1) is 0 Å². The van der Waals surface area contributed by atoms with Crippen molar-refractivity contribution < 1.29 is 19.4 Å². The minimum absolute atomic E-state index is 0.00852. The number of carbonyl (C=O) groups excluding carboxylic acids is 2.